The van der Waals surface area contributed by atoms with E-state index >= 15 is 0 Å². The predicted molar refractivity (Wildman–Crippen MR) is 187 cm³/mol. The molecule has 5 amide bonds. The fourth-order valence-electron chi connectivity index (χ4n) is 8.52. The molecule has 270 valence electrons. The Morgan fingerprint density at radius 2 is 1.64 bits per heavy atom. The smallest absolute Gasteiger partial charge is 0.257 e. The van der Waals surface area contributed by atoms with E-state index in [1.54, 1.807) is 26.9 Å². The van der Waals surface area contributed by atoms with Gasteiger partial charge in [0.05, 0.1) is 30.3 Å². The Morgan fingerprint density at radius 1 is 0.980 bits per heavy atom. The van der Waals surface area contributed by atoms with Crippen LogP contribution in [0.15, 0.2) is 42.7 Å². The van der Waals surface area contributed by atoms with E-state index < -0.39 is 23.4 Å². The Kier molecular flexibility index (Phi) is 10.1. The van der Waals surface area contributed by atoms with Crippen molar-refractivity contribution in [2.45, 2.75) is 84.8 Å². The summed E-state index contributed by atoms with van der Waals surface area (Å²) >= 11 is 0. The minimum Gasteiger partial charge on any atom is -0.357 e. The highest BCUT2D eigenvalue weighted by atomic mass is 16.2. The van der Waals surface area contributed by atoms with Crippen LogP contribution in [0.1, 0.15) is 82.1 Å². The largest absolute Gasteiger partial charge is 0.357 e. The lowest BCUT2D eigenvalue weighted by Crippen LogP contribution is -2.66. The Balaban J connectivity index is 1.20. The SMILES string of the molecule is CNC(=O)[C@@H](NC(=O)C1CN(C(=O)c2cnn(Cc3ccccc3)c2)CC12CN(C(=O)[C@H]1CC1(C)C)C2)[C@@H](C)N(CC1CCCCC1)C(C)=O. The van der Waals surface area contributed by atoms with Crippen LogP contribution in [0.5, 0.6) is 0 Å². The molecule has 1 aromatic carbocycles. The third-order valence-corrected chi connectivity index (χ3v) is 11.8. The number of aromatic nitrogens is 2. The molecule has 0 bridgehead atoms. The molecule has 12 nitrogen and oxygen atoms in total. The number of nitrogens with zero attached hydrogens (tertiary/aromatic N) is 5. The molecule has 1 aromatic heterocycles. The number of likely N-dealkylation sites (N-methyl/N-ethyl adjacent to an activating group) is 1. The second-order valence-electron chi connectivity index (χ2n) is 16.0. The van der Waals surface area contributed by atoms with Crippen molar-refractivity contribution in [2.24, 2.45) is 28.6 Å². The molecule has 1 unspecified atom stereocenters. The van der Waals surface area contributed by atoms with E-state index in [2.05, 4.69) is 29.6 Å². The van der Waals surface area contributed by atoms with Gasteiger partial charge in [0, 0.05) is 64.2 Å². The summed E-state index contributed by atoms with van der Waals surface area (Å²) in [4.78, 5) is 73.2. The molecule has 4 atom stereocenters. The lowest BCUT2D eigenvalue weighted by molar-refractivity contribution is -0.152. The van der Waals surface area contributed by atoms with E-state index in [9.17, 15) is 24.0 Å². The predicted octanol–water partition coefficient (Wildman–Crippen LogP) is 2.93. The zero-order chi connectivity index (χ0) is 35.8. The van der Waals surface area contributed by atoms with Gasteiger partial charge in [-0.2, -0.15) is 5.10 Å². The lowest BCUT2D eigenvalue weighted by atomic mass is 9.70. The van der Waals surface area contributed by atoms with Crippen molar-refractivity contribution in [2.75, 3.05) is 39.8 Å². The average Bonchev–Trinajstić information content (AvgIpc) is 3.39. The third kappa shape index (κ3) is 7.30. The summed E-state index contributed by atoms with van der Waals surface area (Å²) in [7, 11) is 1.53. The first-order valence-corrected chi connectivity index (χ1v) is 18.3. The maximum atomic E-state index is 14.4. The van der Waals surface area contributed by atoms with Gasteiger partial charge in [0.15, 0.2) is 0 Å². The minimum atomic E-state index is -0.983. The van der Waals surface area contributed by atoms with Crippen molar-refractivity contribution in [3.63, 3.8) is 0 Å². The molecule has 12 heteroatoms. The van der Waals surface area contributed by atoms with Gasteiger partial charge in [-0.25, -0.2) is 0 Å². The molecule has 2 aromatic rings. The van der Waals surface area contributed by atoms with Gasteiger partial charge in [-0.1, -0.05) is 63.4 Å². The number of likely N-dealkylation sites (tertiary alicyclic amines) is 2. The first kappa shape index (κ1) is 35.6. The number of nitrogens with one attached hydrogen (secondary N) is 2. The van der Waals surface area contributed by atoms with Crippen molar-refractivity contribution in [3.8, 4) is 0 Å². The maximum absolute atomic E-state index is 14.4. The van der Waals surface area contributed by atoms with Crippen molar-refractivity contribution < 1.29 is 24.0 Å². The zero-order valence-electron chi connectivity index (χ0n) is 30.2. The van der Waals surface area contributed by atoms with Gasteiger partial charge in [0.2, 0.25) is 23.6 Å². The molecule has 2 N–H and O–H groups in total. The zero-order valence-corrected chi connectivity index (χ0v) is 30.2. The van der Waals surface area contributed by atoms with Crippen LogP contribution in [0, 0.1) is 28.6 Å². The fraction of sp³-hybridized carbons (Fsp3) is 0.632. The van der Waals surface area contributed by atoms with Gasteiger partial charge in [-0.3, -0.25) is 28.7 Å². The van der Waals surface area contributed by atoms with Crippen molar-refractivity contribution in [1.29, 1.82) is 0 Å². The molecule has 4 fully saturated rings. The summed E-state index contributed by atoms with van der Waals surface area (Å²) in [6.45, 7) is 9.79. The molecule has 50 heavy (non-hydrogen) atoms. The highest BCUT2D eigenvalue weighted by molar-refractivity contribution is 5.96. The number of benzene rings is 1. The Morgan fingerprint density at radius 3 is 2.26 bits per heavy atom. The molecule has 2 aliphatic heterocycles. The van der Waals surface area contributed by atoms with Gasteiger partial charge < -0.3 is 25.3 Å². The summed E-state index contributed by atoms with van der Waals surface area (Å²) in [6, 6.07) is 8.31. The topological polar surface area (TPSA) is 137 Å². The number of amides is 5. The molecule has 3 heterocycles. The molecule has 2 saturated heterocycles. The van der Waals surface area contributed by atoms with Crippen LogP contribution < -0.4 is 10.6 Å². The van der Waals surface area contributed by atoms with Gasteiger partial charge >= 0.3 is 0 Å². The van der Waals surface area contributed by atoms with E-state index in [-0.39, 0.29) is 47.4 Å². The normalized spacial score (nSPS) is 23.5. The van der Waals surface area contributed by atoms with E-state index in [4.69, 9.17) is 0 Å². The highest BCUT2D eigenvalue weighted by Crippen LogP contribution is 2.54. The Bertz CT molecular complexity index is 1590. The molecule has 1 spiro atoms. The average molecular weight is 688 g/mol. The molecule has 2 saturated carbocycles. The second-order valence-corrected chi connectivity index (χ2v) is 16.0. The lowest BCUT2D eigenvalue weighted by Gasteiger charge is -2.50. The van der Waals surface area contributed by atoms with Crippen LogP contribution in [0.3, 0.4) is 0 Å². The van der Waals surface area contributed by atoms with Gasteiger partial charge in [0.1, 0.15) is 6.04 Å². The summed E-state index contributed by atoms with van der Waals surface area (Å²) in [5, 5.41) is 10.1. The van der Waals surface area contributed by atoms with Crippen LogP contribution in [0.25, 0.3) is 0 Å². The first-order valence-electron chi connectivity index (χ1n) is 18.3. The summed E-state index contributed by atoms with van der Waals surface area (Å²) < 4.78 is 1.73. The van der Waals surface area contributed by atoms with E-state index in [1.165, 1.54) is 20.4 Å². The van der Waals surface area contributed by atoms with Crippen LogP contribution in [-0.4, -0.2) is 106 Å². The molecular formula is C38H53N7O5. The van der Waals surface area contributed by atoms with Crippen molar-refractivity contribution in [1.82, 2.24) is 35.1 Å². The van der Waals surface area contributed by atoms with Gasteiger partial charge in [-0.15, -0.1) is 0 Å². The summed E-state index contributed by atoms with van der Waals surface area (Å²) in [5.41, 5.74) is 0.825. The monoisotopic (exact) mass is 687 g/mol. The number of carbonyl (C=O) groups is 5. The molecular weight excluding hydrogens is 634 g/mol. The molecule has 0 radical (unpaired) electrons. The maximum Gasteiger partial charge on any atom is 0.257 e. The summed E-state index contributed by atoms with van der Waals surface area (Å²) in [5.74, 6) is -1.30. The highest BCUT2D eigenvalue weighted by Gasteiger charge is 2.62. The van der Waals surface area contributed by atoms with Gasteiger partial charge in [0.25, 0.3) is 5.91 Å². The third-order valence-electron chi connectivity index (χ3n) is 11.8. The quantitative estimate of drug-likeness (QED) is 0.373. The van der Waals surface area contributed by atoms with Gasteiger partial charge in [-0.05, 0) is 43.1 Å². The molecule has 6 rings (SSSR count). The number of carbonyl (C=O) groups excluding carboxylic acids is 5. The van der Waals surface area contributed by atoms with Crippen LogP contribution in [0.4, 0.5) is 0 Å². The van der Waals surface area contributed by atoms with Crippen LogP contribution in [-0.2, 0) is 25.7 Å². The number of hydrogen-bond donors (Lipinski definition) is 2. The standard InChI is InChI=1S/C38H53N7O5/c1-25(45(26(2)46)19-28-14-10-7-11-15-28)32(34(48)39-5)41-33(47)31-21-42(22-38(31)23-43(24-38)36(50)30-16-37(30,3)4)35(49)29-17-40-44(20-29)18-27-12-8-6-9-13-27/h6,8-9,12-13,17,20,25,28,30-32H,7,10-11,14-16,18-19,21-24H2,1-5H3,(H,39,48)(H,41,47)/t25-,30-,31?,32+/m1/s1. The summed E-state index contributed by atoms with van der Waals surface area (Å²) in [6.07, 6.45) is 9.67. The minimum absolute atomic E-state index is 0.0225. The number of hydrogen-bond acceptors (Lipinski definition) is 6. The second kappa shape index (κ2) is 14.2. The van der Waals surface area contributed by atoms with Crippen LogP contribution in [0.2, 0.25) is 0 Å². The molecule has 2 aliphatic carbocycles. The van der Waals surface area contributed by atoms with E-state index in [0.717, 1.165) is 37.7 Å². The van der Waals surface area contributed by atoms with E-state index in [0.29, 0.717) is 44.2 Å². The fourth-order valence-corrected chi connectivity index (χ4v) is 8.52. The number of rotatable bonds is 11. The van der Waals surface area contributed by atoms with Crippen molar-refractivity contribution >= 4 is 29.5 Å². The van der Waals surface area contributed by atoms with E-state index in [1.807, 2.05) is 42.2 Å². The van der Waals surface area contributed by atoms with Crippen molar-refractivity contribution in [3.05, 3.63) is 53.9 Å². The first-order chi connectivity index (χ1) is 23.8. The molecule has 4 aliphatic rings. The van der Waals surface area contributed by atoms with Crippen LogP contribution >= 0.6 is 0 Å². The Hall–Kier alpha value is -4.22. The Labute approximate surface area is 295 Å².